The maximum Gasteiger partial charge on any atom is 0.255 e. The van der Waals surface area contributed by atoms with Gasteiger partial charge in [0.1, 0.15) is 0 Å². The molecule has 1 atom stereocenters. The summed E-state index contributed by atoms with van der Waals surface area (Å²) < 4.78 is 32.3. The maximum atomic E-state index is 12.7. The summed E-state index contributed by atoms with van der Waals surface area (Å²) in [6.07, 6.45) is -0.127. The number of hydrogen-bond acceptors (Lipinski definition) is 4. The van der Waals surface area contributed by atoms with E-state index in [1.165, 1.54) is 28.6 Å². The van der Waals surface area contributed by atoms with Gasteiger partial charge in [0.15, 0.2) is 0 Å². The van der Waals surface area contributed by atoms with Crippen molar-refractivity contribution in [1.82, 2.24) is 4.31 Å². The predicted molar refractivity (Wildman–Crippen MR) is 99.7 cm³/mol. The summed E-state index contributed by atoms with van der Waals surface area (Å²) in [6, 6.07) is 13.5. The van der Waals surface area contributed by atoms with Gasteiger partial charge in [-0.25, -0.2) is 8.42 Å². The van der Waals surface area contributed by atoms with E-state index in [9.17, 15) is 13.2 Å². The quantitative estimate of drug-likeness (QED) is 0.893. The fourth-order valence-corrected chi connectivity index (χ4v) is 4.34. The van der Waals surface area contributed by atoms with Crippen molar-refractivity contribution in [3.8, 4) is 0 Å². The lowest BCUT2D eigenvalue weighted by Gasteiger charge is -2.30. The number of hydrogen-bond donors (Lipinski definition) is 1. The molecule has 7 heteroatoms. The van der Waals surface area contributed by atoms with E-state index in [0.29, 0.717) is 25.3 Å². The first-order chi connectivity index (χ1) is 12.4. The van der Waals surface area contributed by atoms with Crippen LogP contribution in [0.15, 0.2) is 53.4 Å². The number of benzene rings is 2. The molecule has 3 rings (SSSR count). The largest absolute Gasteiger partial charge is 0.376 e. The normalized spacial score (nSPS) is 18.5. The summed E-state index contributed by atoms with van der Waals surface area (Å²) in [4.78, 5) is 12.6. The molecule has 1 heterocycles. The number of sulfonamides is 1. The number of carbonyl (C=O) groups is 1. The Labute approximate surface area is 153 Å². The number of para-hydroxylation sites is 1. The highest BCUT2D eigenvalue weighted by Crippen LogP contribution is 2.20. The smallest absolute Gasteiger partial charge is 0.255 e. The highest BCUT2D eigenvalue weighted by Gasteiger charge is 2.29. The standard InChI is InChI=1S/C19H22N2O4S/c1-14-5-3-4-6-18(14)20-19(22)16-7-9-17(10-8-16)26(23,24)21-11-12-25-15(2)13-21/h3-10,15H,11-13H2,1-2H3,(H,20,22). The Bertz CT molecular complexity index is 894. The zero-order chi connectivity index (χ0) is 18.7. The van der Waals surface area contributed by atoms with E-state index in [4.69, 9.17) is 4.74 Å². The fourth-order valence-electron chi connectivity index (χ4n) is 2.84. The summed E-state index contributed by atoms with van der Waals surface area (Å²) in [5, 5.41) is 2.84. The van der Waals surface area contributed by atoms with Gasteiger partial charge in [-0.3, -0.25) is 4.79 Å². The van der Waals surface area contributed by atoms with Gasteiger partial charge < -0.3 is 10.1 Å². The monoisotopic (exact) mass is 374 g/mol. The molecule has 1 saturated heterocycles. The molecule has 2 aromatic carbocycles. The third-order valence-electron chi connectivity index (χ3n) is 4.35. The van der Waals surface area contributed by atoms with Gasteiger partial charge in [-0.15, -0.1) is 0 Å². The molecule has 1 aliphatic rings. The van der Waals surface area contributed by atoms with Crippen LogP contribution in [-0.4, -0.2) is 44.4 Å². The number of anilines is 1. The minimum atomic E-state index is -3.58. The minimum absolute atomic E-state index is 0.127. The molecule has 6 nitrogen and oxygen atoms in total. The number of aryl methyl sites for hydroxylation is 1. The molecule has 1 aliphatic heterocycles. The Hall–Kier alpha value is -2.22. The second kappa shape index (κ2) is 7.57. The molecule has 138 valence electrons. The Balaban J connectivity index is 1.75. The number of nitrogens with one attached hydrogen (secondary N) is 1. The number of amides is 1. The second-order valence-electron chi connectivity index (χ2n) is 6.34. The van der Waals surface area contributed by atoms with Crippen LogP contribution in [0.5, 0.6) is 0 Å². The molecular weight excluding hydrogens is 352 g/mol. The van der Waals surface area contributed by atoms with Crippen LogP contribution in [0.25, 0.3) is 0 Å². The zero-order valence-electron chi connectivity index (χ0n) is 14.8. The van der Waals surface area contributed by atoms with Crippen LogP contribution < -0.4 is 5.32 Å². The van der Waals surface area contributed by atoms with Crippen LogP contribution in [0.3, 0.4) is 0 Å². The lowest BCUT2D eigenvalue weighted by Crippen LogP contribution is -2.44. The highest BCUT2D eigenvalue weighted by atomic mass is 32.2. The SMILES string of the molecule is Cc1ccccc1NC(=O)c1ccc(S(=O)(=O)N2CCOC(C)C2)cc1. The van der Waals surface area contributed by atoms with E-state index in [1.807, 2.05) is 38.1 Å². The lowest BCUT2D eigenvalue weighted by atomic mass is 10.1. The van der Waals surface area contributed by atoms with E-state index in [0.717, 1.165) is 11.3 Å². The first kappa shape index (κ1) is 18.6. The summed E-state index contributed by atoms with van der Waals surface area (Å²) in [5.74, 6) is -0.275. The molecule has 0 aliphatic carbocycles. The van der Waals surface area contributed by atoms with E-state index < -0.39 is 10.0 Å². The third-order valence-corrected chi connectivity index (χ3v) is 6.23. The third kappa shape index (κ3) is 3.95. The molecule has 1 N–H and O–H groups in total. The van der Waals surface area contributed by atoms with Crippen LogP contribution >= 0.6 is 0 Å². The summed E-state index contributed by atoms with van der Waals surface area (Å²) >= 11 is 0. The first-order valence-electron chi connectivity index (χ1n) is 8.47. The fraction of sp³-hybridized carbons (Fsp3) is 0.316. The molecule has 0 bridgehead atoms. The highest BCUT2D eigenvalue weighted by molar-refractivity contribution is 7.89. The van der Waals surface area contributed by atoms with Crippen molar-refractivity contribution in [2.75, 3.05) is 25.0 Å². The number of ether oxygens (including phenoxy) is 1. The van der Waals surface area contributed by atoms with Crippen LogP contribution in [0.1, 0.15) is 22.8 Å². The molecule has 0 radical (unpaired) electrons. The number of carbonyl (C=O) groups excluding carboxylic acids is 1. The summed E-state index contributed by atoms with van der Waals surface area (Å²) in [7, 11) is -3.58. The van der Waals surface area contributed by atoms with Gasteiger partial charge in [0.05, 0.1) is 17.6 Å². The minimum Gasteiger partial charge on any atom is -0.376 e. The van der Waals surface area contributed by atoms with Gasteiger partial charge >= 0.3 is 0 Å². The van der Waals surface area contributed by atoms with Crippen LogP contribution in [0.2, 0.25) is 0 Å². The molecule has 0 saturated carbocycles. The topological polar surface area (TPSA) is 75.7 Å². The summed E-state index contributed by atoms with van der Waals surface area (Å²) in [6.45, 7) is 4.81. The van der Waals surface area contributed by atoms with Crippen LogP contribution in [0, 0.1) is 6.92 Å². The predicted octanol–water partition coefficient (Wildman–Crippen LogP) is 2.66. The molecule has 0 aromatic heterocycles. The Morgan fingerprint density at radius 3 is 2.50 bits per heavy atom. The van der Waals surface area contributed by atoms with Crippen molar-refractivity contribution >= 4 is 21.6 Å². The number of nitrogens with zero attached hydrogens (tertiary/aromatic N) is 1. The van der Waals surface area contributed by atoms with Crippen molar-refractivity contribution in [3.05, 3.63) is 59.7 Å². The molecule has 1 unspecified atom stereocenters. The van der Waals surface area contributed by atoms with E-state index >= 15 is 0 Å². The van der Waals surface area contributed by atoms with Gasteiger partial charge in [0.2, 0.25) is 10.0 Å². The van der Waals surface area contributed by atoms with Crippen molar-refractivity contribution in [2.45, 2.75) is 24.8 Å². The Morgan fingerprint density at radius 1 is 1.15 bits per heavy atom. The maximum absolute atomic E-state index is 12.7. The molecule has 1 fully saturated rings. The van der Waals surface area contributed by atoms with Crippen molar-refractivity contribution in [1.29, 1.82) is 0 Å². The van der Waals surface area contributed by atoms with Gasteiger partial charge in [0, 0.05) is 24.3 Å². The second-order valence-corrected chi connectivity index (χ2v) is 8.28. The van der Waals surface area contributed by atoms with Gasteiger partial charge in [-0.2, -0.15) is 4.31 Å². The number of morpholine rings is 1. The van der Waals surface area contributed by atoms with E-state index in [1.54, 1.807) is 0 Å². The van der Waals surface area contributed by atoms with E-state index in [2.05, 4.69) is 5.32 Å². The Morgan fingerprint density at radius 2 is 1.85 bits per heavy atom. The average molecular weight is 374 g/mol. The van der Waals surface area contributed by atoms with Crippen molar-refractivity contribution in [2.24, 2.45) is 0 Å². The van der Waals surface area contributed by atoms with Gasteiger partial charge in [-0.1, -0.05) is 18.2 Å². The van der Waals surface area contributed by atoms with Crippen LogP contribution in [-0.2, 0) is 14.8 Å². The molecule has 2 aromatic rings. The summed E-state index contributed by atoms with van der Waals surface area (Å²) in [5.41, 5.74) is 2.10. The van der Waals surface area contributed by atoms with Crippen molar-refractivity contribution in [3.63, 3.8) is 0 Å². The number of rotatable bonds is 4. The van der Waals surface area contributed by atoms with E-state index in [-0.39, 0.29) is 16.9 Å². The Kier molecular flexibility index (Phi) is 5.41. The zero-order valence-corrected chi connectivity index (χ0v) is 15.6. The molecule has 1 amide bonds. The first-order valence-corrected chi connectivity index (χ1v) is 9.91. The molecule has 26 heavy (non-hydrogen) atoms. The average Bonchev–Trinajstić information content (AvgIpc) is 2.63. The van der Waals surface area contributed by atoms with Gasteiger partial charge in [0.25, 0.3) is 5.91 Å². The van der Waals surface area contributed by atoms with Crippen LogP contribution in [0.4, 0.5) is 5.69 Å². The molecule has 0 spiro atoms. The lowest BCUT2D eigenvalue weighted by molar-refractivity contribution is 0.0102. The van der Waals surface area contributed by atoms with Gasteiger partial charge in [-0.05, 0) is 49.7 Å². The molecular formula is C19H22N2O4S. The van der Waals surface area contributed by atoms with Crippen molar-refractivity contribution < 1.29 is 17.9 Å².